The predicted molar refractivity (Wildman–Crippen MR) is 80.6 cm³/mol. The minimum absolute atomic E-state index is 0.764. The number of hydrogen-bond donors (Lipinski definition) is 1. The number of rotatable bonds is 5. The van der Waals surface area contributed by atoms with Crippen molar-refractivity contribution in [3.63, 3.8) is 0 Å². The first-order chi connectivity index (χ1) is 9.19. The highest BCUT2D eigenvalue weighted by atomic mass is 35.5. The minimum Gasteiger partial charge on any atom is -0.355 e. The highest BCUT2D eigenvalue weighted by Crippen LogP contribution is 2.15. The molecule has 0 aliphatic heterocycles. The average Bonchev–Trinajstić information content (AvgIpc) is 2.42. The Morgan fingerprint density at radius 3 is 2.58 bits per heavy atom. The minimum atomic E-state index is 0.764. The van der Waals surface area contributed by atoms with E-state index >= 15 is 0 Å². The Balaban J connectivity index is 2.08. The van der Waals surface area contributed by atoms with Gasteiger partial charge in [-0.25, -0.2) is 4.98 Å². The van der Waals surface area contributed by atoms with Crippen molar-refractivity contribution in [1.29, 1.82) is 0 Å². The van der Waals surface area contributed by atoms with E-state index in [4.69, 9.17) is 11.6 Å². The smallest absolute Gasteiger partial charge is 0.128 e. The summed E-state index contributed by atoms with van der Waals surface area (Å²) in [6, 6.07) is 14.0. The Morgan fingerprint density at radius 1 is 1.16 bits per heavy atom. The molecule has 0 fully saturated rings. The number of pyridine rings is 1. The van der Waals surface area contributed by atoms with E-state index in [2.05, 4.69) is 15.2 Å². The van der Waals surface area contributed by atoms with Gasteiger partial charge in [-0.2, -0.15) is 0 Å². The summed E-state index contributed by atoms with van der Waals surface area (Å²) in [4.78, 5) is 6.74. The molecule has 1 aromatic heterocycles. The van der Waals surface area contributed by atoms with Crippen LogP contribution in [-0.2, 0) is 13.1 Å². The standard InChI is InChI=1S/C15H18ClN3/c1-17-10-14-4-3-5-15(18-14)19(2)11-12-6-8-13(16)9-7-12/h3-9,17H,10-11H2,1-2H3. The van der Waals surface area contributed by atoms with Gasteiger partial charge in [0.1, 0.15) is 5.82 Å². The molecule has 0 atom stereocenters. The first-order valence-electron chi connectivity index (χ1n) is 6.25. The molecule has 0 spiro atoms. The number of aromatic nitrogens is 1. The molecule has 19 heavy (non-hydrogen) atoms. The fraction of sp³-hybridized carbons (Fsp3) is 0.267. The zero-order valence-corrected chi connectivity index (χ0v) is 12.0. The number of benzene rings is 1. The summed E-state index contributed by atoms with van der Waals surface area (Å²) in [6.45, 7) is 1.59. The molecule has 0 saturated heterocycles. The molecule has 0 aliphatic carbocycles. The molecule has 3 nitrogen and oxygen atoms in total. The third-order valence-electron chi connectivity index (χ3n) is 2.87. The van der Waals surface area contributed by atoms with Crippen LogP contribution in [0.25, 0.3) is 0 Å². The van der Waals surface area contributed by atoms with E-state index in [1.54, 1.807) is 0 Å². The average molecular weight is 276 g/mol. The van der Waals surface area contributed by atoms with Crippen molar-refractivity contribution in [3.05, 3.63) is 58.7 Å². The first kappa shape index (κ1) is 13.8. The summed E-state index contributed by atoms with van der Waals surface area (Å²) >= 11 is 5.89. The number of nitrogens with one attached hydrogen (secondary N) is 1. The molecule has 4 heteroatoms. The molecule has 0 radical (unpaired) electrons. The van der Waals surface area contributed by atoms with Crippen molar-refractivity contribution < 1.29 is 0 Å². The largest absolute Gasteiger partial charge is 0.355 e. The van der Waals surface area contributed by atoms with Crippen molar-refractivity contribution in [2.24, 2.45) is 0 Å². The normalized spacial score (nSPS) is 10.5. The zero-order valence-electron chi connectivity index (χ0n) is 11.2. The monoisotopic (exact) mass is 275 g/mol. The summed E-state index contributed by atoms with van der Waals surface area (Å²) < 4.78 is 0. The Labute approximate surface area is 119 Å². The van der Waals surface area contributed by atoms with E-state index < -0.39 is 0 Å². The van der Waals surface area contributed by atoms with Gasteiger partial charge in [-0.15, -0.1) is 0 Å². The van der Waals surface area contributed by atoms with E-state index in [1.807, 2.05) is 56.6 Å². The van der Waals surface area contributed by atoms with Gasteiger partial charge in [0.25, 0.3) is 0 Å². The van der Waals surface area contributed by atoms with Crippen LogP contribution in [-0.4, -0.2) is 19.1 Å². The van der Waals surface area contributed by atoms with Crippen LogP contribution in [0.3, 0.4) is 0 Å². The SMILES string of the molecule is CNCc1cccc(N(C)Cc2ccc(Cl)cc2)n1. The topological polar surface area (TPSA) is 28.2 Å². The van der Waals surface area contributed by atoms with E-state index in [1.165, 1.54) is 5.56 Å². The quantitative estimate of drug-likeness (QED) is 0.909. The summed E-state index contributed by atoms with van der Waals surface area (Å²) in [6.07, 6.45) is 0. The van der Waals surface area contributed by atoms with Crippen molar-refractivity contribution in [1.82, 2.24) is 10.3 Å². The fourth-order valence-corrected chi connectivity index (χ4v) is 2.03. The molecule has 0 bridgehead atoms. The maximum atomic E-state index is 5.89. The summed E-state index contributed by atoms with van der Waals surface area (Å²) in [5.41, 5.74) is 2.26. The Bertz CT molecular complexity index is 525. The van der Waals surface area contributed by atoms with Gasteiger partial charge in [-0.3, -0.25) is 0 Å². The first-order valence-corrected chi connectivity index (χ1v) is 6.63. The number of hydrogen-bond acceptors (Lipinski definition) is 3. The molecule has 1 aromatic carbocycles. The van der Waals surface area contributed by atoms with E-state index in [0.29, 0.717) is 0 Å². The highest BCUT2D eigenvalue weighted by Gasteiger charge is 2.04. The fourth-order valence-electron chi connectivity index (χ4n) is 1.90. The number of anilines is 1. The molecular weight excluding hydrogens is 258 g/mol. The van der Waals surface area contributed by atoms with Crippen molar-refractivity contribution in [2.75, 3.05) is 19.0 Å². The third kappa shape index (κ3) is 3.94. The lowest BCUT2D eigenvalue weighted by molar-refractivity contribution is 0.783. The highest BCUT2D eigenvalue weighted by molar-refractivity contribution is 6.30. The van der Waals surface area contributed by atoms with Gasteiger partial charge in [0.15, 0.2) is 0 Å². The molecule has 1 N–H and O–H groups in total. The van der Waals surface area contributed by atoms with E-state index in [9.17, 15) is 0 Å². The summed E-state index contributed by atoms with van der Waals surface area (Å²) in [5.74, 6) is 0.975. The molecule has 1 heterocycles. The van der Waals surface area contributed by atoms with E-state index in [-0.39, 0.29) is 0 Å². The van der Waals surface area contributed by atoms with Gasteiger partial charge >= 0.3 is 0 Å². The lowest BCUT2D eigenvalue weighted by Crippen LogP contribution is -2.18. The Morgan fingerprint density at radius 2 is 1.89 bits per heavy atom. The Kier molecular flexibility index (Phi) is 4.77. The van der Waals surface area contributed by atoms with Crippen LogP contribution in [0.4, 0.5) is 5.82 Å². The molecule has 0 saturated carbocycles. The van der Waals surface area contributed by atoms with E-state index in [0.717, 1.165) is 29.6 Å². The maximum Gasteiger partial charge on any atom is 0.128 e. The van der Waals surface area contributed by atoms with Crippen LogP contribution in [0.1, 0.15) is 11.3 Å². The van der Waals surface area contributed by atoms with Crippen molar-refractivity contribution in [3.8, 4) is 0 Å². The summed E-state index contributed by atoms with van der Waals surface area (Å²) in [5, 5.41) is 3.87. The third-order valence-corrected chi connectivity index (χ3v) is 3.13. The lowest BCUT2D eigenvalue weighted by Gasteiger charge is -2.19. The molecule has 0 aliphatic rings. The maximum absolute atomic E-state index is 5.89. The van der Waals surface area contributed by atoms with Crippen LogP contribution < -0.4 is 10.2 Å². The Hall–Kier alpha value is -1.58. The van der Waals surface area contributed by atoms with Gasteiger partial charge in [0, 0.05) is 25.2 Å². The van der Waals surface area contributed by atoms with Crippen LogP contribution in [0.5, 0.6) is 0 Å². The predicted octanol–water partition coefficient (Wildman–Crippen LogP) is 3.09. The van der Waals surface area contributed by atoms with Crippen LogP contribution >= 0.6 is 11.6 Å². The molecule has 2 rings (SSSR count). The molecule has 0 amide bonds. The van der Waals surface area contributed by atoms with Crippen LogP contribution in [0, 0.1) is 0 Å². The second kappa shape index (κ2) is 6.55. The summed E-state index contributed by atoms with van der Waals surface area (Å²) in [7, 11) is 3.96. The van der Waals surface area contributed by atoms with Crippen molar-refractivity contribution in [2.45, 2.75) is 13.1 Å². The second-order valence-electron chi connectivity index (χ2n) is 4.50. The number of halogens is 1. The van der Waals surface area contributed by atoms with Gasteiger partial charge in [-0.05, 0) is 36.9 Å². The zero-order chi connectivity index (χ0) is 13.7. The van der Waals surface area contributed by atoms with Gasteiger partial charge in [0.05, 0.1) is 5.69 Å². The number of nitrogens with zero attached hydrogens (tertiary/aromatic N) is 2. The molecular formula is C15H18ClN3. The van der Waals surface area contributed by atoms with Gasteiger partial charge in [-0.1, -0.05) is 29.8 Å². The van der Waals surface area contributed by atoms with Crippen LogP contribution in [0.15, 0.2) is 42.5 Å². The van der Waals surface area contributed by atoms with Crippen LogP contribution in [0.2, 0.25) is 5.02 Å². The van der Waals surface area contributed by atoms with Crippen molar-refractivity contribution >= 4 is 17.4 Å². The molecule has 100 valence electrons. The second-order valence-corrected chi connectivity index (χ2v) is 4.94. The molecule has 0 unspecified atom stereocenters. The molecule has 2 aromatic rings. The lowest BCUT2D eigenvalue weighted by atomic mass is 10.2. The van der Waals surface area contributed by atoms with Gasteiger partial charge < -0.3 is 10.2 Å². The van der Waals surface area contributed by atoms with Gasteiger partial charge in [0.2, 0.25) is 0 Å².